The molecule has 0 aliphatic heterocycles. The van der Waals surface area contributed by atoms with Crippen LogP contribution in [0.3, 0.4) is 0 Å². The largest absolute Gasteiger partial charge is 0.435 e. The summed E-state index contributed by atoms with van der Waals surface area (Å²) in [6.45, 7) is 5.88. The first kappa shape index (κ1) is 19.5. The van der Waals surface area contributed by atoms with Crippen molar-refractivity contribution in [3.8, 4) is 0 Å². The number of halogens is 4. The molecule has 138 valence electrons. The smallest absolute Gasteiger partial charge is 0.338 e. The summed E-state index contributed by atoms with van der Waals surface area (Å²) in [5.74, 6) is -0.337. The van der Waals surface area contributed by atoms with E-state index in [-0.39, 0.29) is 18.1 Å². The van der Waals surface area contributed by atoms with Gasteiger partial charge < -0.3 is 4.90 Å². The van der Waals surface area contributed by atoms with Gasteiger partial charge in [0.1, 0.15) is 6.04 Å². The second-order valence-corrected chi connectivity index (χ2v) is 6.59. The second-order valence-electron chi connectivity index (χ2n) is 5.74. The Kier molecular flexibility index (Phi) is 5.60. The summed E-state index contributed by atoms with van der Waals surface area (Å²) in [7, 11) is 1.60. The van der Waals surface area contributed by atoms with E-state index in [2.05, 4.69) is 26.1 Å². The Hall–Kier alpha value is -1.84. The van der Waals surface area contributed by atoms with Crippen molar-refractivity contribution in [2.45, 2.75) is 46.1 Å². The number of carbonyl (C=O) groups is 1. The highest BCUT2D eigenvalue weighted by molar-refractivity contribution is 9.10. The van der Waals surface area contributed by atoms with E-state index in [1.165, 1.54) is 18.7 Å². The number of aromatic nitrogens is 4. The molecular formula is C15H19BrF3N5O. The van der Waals surface area contributed by atoms with Gasteiger partial charge in [0.25, 0.3) is 0 Å². The van der Waals surface area contributed by atoms with Crippen molar-refractivity contribution in [2.24, 2.45) is 0 Å². The van der Waals surface area contributed by atoms with Gasteiger partial charge in [0.15, 0.2) is 5.69 Å². The molecule has 1 unspecified atom stereocenters. The Morgan fingerprint density at radius 2 is 2.08 bits per heavy atom. The van der Waals surface area contributed by atoms with E-state index in [0.717, 1.165) is 20.9 Å². The van der Waals surface area contributed by atoms with Crippen molar-refractivity contribution in [3.63, 3.8) is 0 Å². The first-order valence-electron chi connectivity index (χ1n) is 7.64. The number of nitrogens with zero attached hydrogens (tertiary/aromatic N) is 5. The SMILES string of the molecule is CCn1ncc(Br)c1CN(C)C(=O)C(C)n1nc(C(F)(F)F)cc1C. The van der Waals surface area contributed by atoms with Crippen LogP contribution in [-0.2, 0) is 24.1 Å². The molecule has 0 aliphatic rings. The van der Waals surface area contributed by atoms with Gasteiger partial charge in [-0.25, -0.2) is 0 Å². The van der Waals surface area contributed by atoms with Crippen molar-refractivity contribution in [2.75, 3.05) is 7.05 Å². The van der Waals surface area contributed by atoms with Gasteiger partial charge in [0.2, 0.25) is 5.91 Å². The normalized spacial score (nSPS) is 13.1. The predicted molar refractivity (Wildman–Crippen MR) is 88.8 cm³/mol. The van der Waals surface area contributed by atoms with Gasteiger partial charge >= 0.3 is 6.18 Å². The number of carbonyl (C=O) groups excluding carboxylic acids is 1. The molecule has 0 bridgehead atoms. The molecule has 0 saturated heterocycles. The highest BCUT2D eigenvalue weighted by Gasteiger charge is 2.35. The van der Waals surface area contributed by atoms with Crippen molar-refractivity contribution in [1.29, 1.82) is 0 Å². The summed E-state index contributed by atoms with van der Waals surface area (Å²) in [5.41, 5.74) is 0.0965. The molecule has 0 radical (unpaired) electrons. The zero-order chi connectivity index (χ0) is 18.9. The minimum Gasteiger partial charge on any atom is -0.338 e. The maximum Gasteiger partial charge on any atom is 0.435 e. The Labute approximate surface area is 151 Å². The van der Waals surface area contributed by atoms with Crippen LogP contribution in [0.5, 0.6) is 0 Å². The summed E-state index contributed by atoms with van der Waals surface area (Å²) in [5, 5.41) is 7.73. The van der Waals surface area contributed by atoms with Crippen molar-refractivity contribution in [3.05, 3.63) is 33.8 Å². The highest BCUT2D eigenvalue weighted by Crippen LogP contribution is 2.29. The van der Waals surface area contributed by atoms with Crippen LogP contribution in [0.4, 0.5) is 13.2 Å². The van der Waals surface area contributed by atoms with Gasteiger partial charge in [-0.2, -0.15) is 23.4 Å². The molecule has 2 aromatic heterocycles. The van der Waals surface area contributed by atoms with Gasteiger partial charge in [-0.15, -0.1) is 0 Å². The standard InChI is InChI=1S/C15H19BrF3N5O/c1-5-23-12(11(16)7-20-23)8-22(4)14(25)10(3)24-9(2)6-13(21-24)15(17,18)19/h6-7,10H,5,8H2,1-4H3. The molecule has 0 fully saturated rings. The van der Waals surface area contributed by atoms with Crippen LogP contribution in [0.2, 0.25) is 0 Å². The van der Waals surface area contributed by atoms with Crippen LogP contribution in [0, 0.1) is 6.92 Å². The molecule has 0 N–H and O–H groups in total. The average Bonchev–Trinajstić information content (AvgIpc) is 3.09. The topological polar surface area (TPSA) is 56.0 Å². The third-order valence-electron chi connectivity index (χ3n) is 3.90. The lowest BCUT2D eigenvalue weighted by Gasteiger charge is -2.23. The molecular weight excluding hydrogens is 403 g/mol. The Balaban J connectivity index is 2.19. The van der Waals surface area contributed by atoms with E-state index in [4.69, 9.17) is 0 Å². The fraction of sp³-hybridized carbons (Fsp3) is 0.533. The molecule has 0 saturated carbocycles. The molecule has 2 aromatic rings. The Bertz CT molecular complexity index is 768. The van der Waals surface area contributed by atoms with Gasteiger partial charge in [0.05, 0.1) is 22.9 Å². The van der Waals surface area contributed by atoms with Crippen molar-refractivity contribution < 1.29 is 18.0 Å². The average molecular weight is 422 g/mol. The Morgan fingerprint density at radius 3 is 2.60 bits per heavy atom. The number of amides is 1. The summed E-state index contributed by atoms with van der Waals surface area (Å²) in [4.78, 5) is 14.1. The summed E-state index contributed by atoms with van der Waals surface area (Å²) in [6, 6.07) is 0.0878. The van der Waals surface area contributed by atoms with E-state index in [1.807, 2.05) is 6.92 Å². The van der Waals surface area contributed by atoms with Gasteiger partial charge in [-0.1, -0.05) is 0 Å². The monoisotopic (exact) mass is 421 g/mol. The van der Waals surface area contributed by atoms with Crippen LogP contribution in [0.1, 0.15) is 37.0 Å². The van der Waals surface area contributed by atoms with Crippen LogP contribution in [-0.4, -0.2) is 37.4 Å². The molecule has 6 nitrogen and oxygen atoms in total. The third kappa shape index (κ3) is 4.05. The van der Waals surface area contributed by atoms with E-state index < -0.39 is 17.9 Å². The minimum atomic E-state index is -4.54. The quantitative estimate of drug-likeness (QED) is 0.743. The lowest BCUT2D eigenvalue weighted by atomic mass is 10.2. The van der Waals surface area contributed by atoms with Crippen molar-refractivity contribution >= 4 is 21.8 Å². The molecule has 10 heteroatoms. The number of hydrogen-bond donors (Lipinski definition) is 0. The Morgan fingerprint density at radius 1 is 1.44 bits per heavy atom. The number of aryl methyl sites for hydroxylation is 2. The molecule has 1 atom stereocenters. The van der Waals surface area contributed by atoms with E-state index in [0.29, 0.717) is 6.54 Å². The number of hydrogen-bond acceptors (Lipinski definition) is 3. The summed E-state index contributed by atoms with van der Waals surface area (Å²) < 4.78 is 42.0. The summed E-state index contributed by atoms with van der Waals surface area (Å²) >= 11 is 3.39. The second kappa shape index (κ2) is 7.19. The number of alkyl halides is 3. The number of likely N-dealkylation sites (N-methyl/N-ethyl adjacent to an activating group) is 1. The van der Waals surface area contributed by atoms with Gasteiger partial charge in [-0.05, 0) is 42.8 Å². The van der Waals surface area contributed by atoms with Crippen molar-refractivity contribution in [1.82, 2.24) is 24.5 Å². The third-order valence-corrected chi connectivity index (χ3v) is 4.56. The lowest BCUT2D eigenvalue weighted by molar-refractivity contribution is -0.142. The first-order valence-corrected chi connectivity index (χ1v) is 8.44. The molecule has 0 aliphatic carbocycles. The molecule has 0 spiro atoms. The summed E-state index contributed by atoms with van der Waals surface area (Å²) in [6.07, 6.45) is -2.89. The lowest BCUT2D eigenvalue weighted by Crippen LogP contribution is -2.34. The van der Waals surface area contributed by atoms with Crippen LogP contribution in [0.15, 0.2) is 16.7 Å². The maximum atomic E-state index is 12.8. The van der Waals surface area contributed by atoms with Crippen LogP contribution in [0.25, 0.3) is 0 Å². The molecule has 2 rings (SSSR count). The van der Waals surface area contributed by atoms with Crippen LogP contribution < -0.4 is 0 Å². The molecule has 0 aromatic carbocycles. The molecule has 25 heavy (non-hydrogen) atoms. The highest BCUT2D eigenvalue weighted by atomic mass is 79.9. The van der Waals surface area contributed by atoms with E-state index >= 15 is 0 Å². The first-order chi connectivity index (χ1) is 11.6. The van der Waals surface area contributed by atoms with Crippen LogP contribution >= 0.6 is 15.9 Å². The van der Waals surface area contributed by atoms with Gasteiger partial charge in [-0.3, -0.25) is 14.2 Å². The molecule has 2 heterocycles. The minimum absolute atomic E-state index is 0.279. The predicted octanol–water partition coefficient (Wildman–Crippen LogP) is 3.41. The zero-order valence-corrected chi connectivity index (χ0v) is 15.9. The van der Waals surface area contributed by atoms with Gasteiger partial charge in [0, 0.05) is 19.3 Å². The fourth-order valence-electron chi connectivity index (χ4n) is 2.56. The number of rotatable bonds is 5. The fourth-order valence-corrected chi connectivity index (χ4v) is 2.98. The van der Waals surface area contributed by atoms with E-state index in [1.54, 1.807) is 17.9 Å². The maximum absolute atomic E-state index is 12.8. The van der Waals surface area contributed by atoms with E-state index in [9.17, 15) is 18.0 Å². The zero-order valence-electron chi connectivity index (χ0n) is 14.3. The molecule has 1 amide bonds.